The smallest absolute Gasteiger partial charge is 0.278 e. The molecule has 0 aliphatic heterocycles. The normalized spacial score (nSPS) is 10.9. The van der Waals surface area contributed by atoms with Crippen molar-refractivity contribution < 1.29 is 4.79 Å². The number of hydrogen-bond donors (Lipinski definition) is 1. The van der Waals surface area contributed by atoms with E-state index in [2.05, 4.69) is 41.5 Å². The lowest BCUT2D eigenvalue weighted by Crippen LogP contribution is -2.16. The SMILES string of the molecule is Cc1ccc(Cn2cnc(NC(=O)c3ccn(Cn4cc(Br)cn4)n3)n2)cc1. The molecule has 0 saturated carbocycles. The number of nitrogens with zero attached hydrogens (tertiary/aromatic N) is 7. The van der Waals surface area contributed by atoms with Crippen molar-refractivity contribution in [2.24, 2.45) is 0 Å². The van der Waals surface area contributed by atoms with Crippen LogP contribution >= 0.6 is 15.9 Å². The molecule has 0 unspecified atom stereocenters. The maximum atomic E-state index is 12.4. The molecule has 3 heterocycles. The van der Waals surface area contributed by atoms with Crippen LogP contribution in [-0.2, 0) is 13.2 Å². The molecule has 0 aliphatic carbocycles. The average molecular weight is 441 g/mol. The van der Waals surface area contributed by atoms with E-state index in [4.69, 9.17) is 0 Å². The van der Waals surface area contributed by atoms with Gasteiger partial charge in [0.1, 0.15) is 13.0 Å². The second-order valence-electron chi connectivity index (χ2n) is 6.29. The fourth-order valence-electron chi connectivity index (χ4n) is 2.60. The number of benzene rings is 1. The van der Waals surface area contributed by atoms with Gasteiger partial charge in [-0.15, -0.1) is 5.10 Å². The minimum Gasteiger partial charge on any atom is -0.288 e. The van der Waals surface area contributed by atoms with E-state index in [1.807, 2.05) is 37.4 Å². The van der Waals surface area contributed by atoms with Crippen molar-refractivity contribution in [1.82, 2.24) is 34.3 Å². The second-order valence-corrected chi connectivity index (χ2v) is 7.20. The van der Waals surface area contributed by atoms with Gasteiger partial charge in [0.15, 0.2) is 5.69 Å². The molecule has 10 heteroatoms. The Morgan fingerprint density at radius 3 is 2.68 bits per heavy atom. The van der Waals surface area contributed by atoms with Gasteiger partial charge in [0.05, 0.1) is 17.2 Å². The summed E-state index contributed by atoms with van der Waals surface area (Å²) in [5.41, 5.74) is 2.59. The van der Waals surface area contributed by atoms with Crippen molar-refractivity contribution >= 4 is 27.8 Å². The Hall–Kier alpha value is -3.27. The molecular weight excluding hydrogens is 424 g/mol. The zero-order valence-corrected chi connectivity index (χ0v) is 16.6. The first kappa shape index (κ1) is 18.1. The van der Waals surface area contributed by atoms with E-state index in [9.17, 15) is 4.79 Å². The van der Waals surface area contributed by atoms with Crippen LogP contribution in [-0.4, -0.2) is 40.2 Å². The maximum absolute atomic E-state index is 12.4. The molecule has 4 rings (SSSR count). The third kappa shape index (κ3) is 4.34. The summed E-state index contributed by atoms with van der Waals surface area (Å²) in [5.74, 6) is -0.129. The summed E-state index contributed by atoms with van der Waals surface area (Å²) in [4.78, 5) is 16.5. The molecule has 1 amide bonds. The molecule has 1 aromatic carbocycles. The van der Waals surface area contributed by atoms with Crippen LogP contribution in [0, 0.1) is 6.92 Å². The van der Waals surface area contributed by atoms with Gasteiger partial charge in [0.2, 0.25) is 5.95 Å². The van der Waals surface area contributed by atoms with Gasteiger partial charge in [-0.3, -0.25) is 14.8 Å². The molecule has 0 aliphatic rings. The van der Waals surface area contributed by atoms with Gasteiger partial charge in [-0.25, -0.2) is 14.3 Å². The first-order valence-corrected chi connectivity index (χ1v) is 9.32. The number of carbonyl (C=O) groups is 1. The first-order valence-electron chi connectivity index (χ1n) is 8.53. The lowest BCUT2D eigenvalue weighted by Gasteiger charge is -2.02. The molecule has 0 bridgehead atoms. The van der Waals surface area contributed by atoms with Crippen molar-refractivity contribution in [1.29, 1.82) is 0 Å². The Balaban J connectivity index is 1.37. The molecule has 0 fully saturated rings. The van der Waals surface area contributed by atoms with Crippen molar-refractivity contribution in [3.63, 3.8) is 0 Å². The van der Waals surface area contributed by atoms with Crippen LogP contribution < -0.4 is 5.32 Å². The summed E-state index contributed by atoms with van der Waals surface area (Å²) in [7, 11) is 0. The van der Waals surface area contributed by atoms with Gasteiger partial charge in [-0.2, -0.15) is 10.2 Å². The standard InChI is InChI=1S/C18H17BrN8O/c1-13-2-4-14(5-3-13)9-26-11-20-18(24-26)22-17(28)16-6-7-25(23-16)12-27-10-15(19)8-21-27/h2-8,10-11H,9,12H2,1H3,(H,22,24,28). The minimum absolute atomic E-state index is 0.239. The van der Waals surface area contributed by atoms with Gasteiger partial charge >= 0.3 is 0 Å². The maximum Gasteiger partial charge on any atom is 0.278 e. The number of nitrogens with one attached hydrogen (secondary N) is 1. The van der Waals surface area contributed by atoms with E-state index in [0.29, 0.717) is 13.2 Å². The third-order valence-electron chi connectivity index (χ3n) is 3.99. The predicted molar refractivity (Wildman–Crippen MR) is 106 cm³/mol. The van der Waals surface area contributed by atoms with Crippen molar-refractivity contribution in [2.75, 3.05) is 5.32 Å². The summed E-state index contributed by atoms with van der Waals surface area (Å²) in [6.45, 7) is 3.03. The highest BCUT2D eigenvalue weighted by Crippen LogP contribution is 2.08. The molecule has 142 valence electrons. The number of anilines is 1. The second kappa shape index (κ2) is 7.77. The van der Waals surface area contributed by atoms with Crippen molar-refractivity contribution in [2.45, 2.75) is 20.1 Å². The van der Waals surface area contributed by atoms with Crippen LogP contribution in [0.15, 0.2) is 59.7 Å². The van der Waals surface area contributed by atoms with Crippen LogP contribution in [0.1, 0.15) is 21.6 Å². The molecule has 4 aromatic rings. The summed E-state index contributed by atoms with van der Waals surface area (Å²) < 4.78 is 5.88. The Labute approximate surface area is 169 Å². The number of amides is 1. The van der Waals surface area contributed by atoms with E-state index in [0.717, 1.165) is 10.0 Å². The van der Waals surface area contributed by atoms with E-state index in [1.54, 1.807) is 38.8 Å². The van der Waals surface area contributed by atoms with Crippen LogP contribution in [0.5, 0.6) is 0 Å². The van der Waals surface area contributed by atoms with Crippen molar-refractivity contribution in [3.8, 4) is 0 Å². The summed E-state index contributed by atoms with van der Waals surface area (Å²) in [6.07, 6.45) is 6.82. The molecule has 1 N–H and O–H groups in total. The van der Waals surface area contributed by atoms with Gasteiger partial charge in [-0.1, -0.05) is 29.8 Å². The summed E-state index contributed by atoms with van der Waals surface area (Å²) >= 11 is 3.34. The summed E-state index contributed by atoms with van der Waals surface area (Å²) in [6, 6.07) is 9.82. The van der Waals surface area contributed by atoms with Crippen LogP contribution in [0.2, 0.25) is 0 Å². The first-order chi connectivity index (χ1) is 13.5. The van der Waals surface area contributed by atoms with Gasteiger partial charge in [0.25, 0.3) is 5.91 Å². The van der Waals surface area contributed by atoms with E-state index >= 15 is 0 Å². The average Bonchev–Trinajstić information content (AvgIpc) is 3.40. The Kier molecular flexibility index (Phi) is 5.02. The van der Waals surface area contributed by atoms with E-state index in [-0.39, 0.29) is 17.5 Å². The largest absolute Gasteiger partial charge is 0.288 e. The molecule has 0 spiro atoms. The van der Waals surface area contributed by atoms with Gasteiger partial charge < -0.3 is 0 Å². The van der Waals surface area contributed by atoms with Gasteiger partial charge in [-0.05, 0) is 34.5 Å². The number of rotatable bonds is 6. The number of hydrogen-bond acceptors (Lipinski definition) is 5. The molecule has 0 atom stereocenters. The summed E-state index contributed by atoms with van der Waals surface area (Å²) in [5, 5.41) is 15.4. The van der Waals surface area contributed by atoms with E-state index in [1.165, 1.54) is 5.56 Å². The molecule has 3 aromatic heterocycles. The molecule has 0 saturated heterocycles. The highest BCUT2D eigenvalue weighted by atomic mass is 79.9. The monoisotopic (exact) mass is 440 g/mol. The van der Waals surface area contributed by atoms with Gasteiger partial charge in [0, 0.05) is 12.4 Å². The topological polar surface area (TPSA) is 95.5 Å². The van der Waals surface area contributed by atoms with E-state index < -0.39 is 0 Å². The highest BCUT2D eigenvalue weighted by molar-refractivity contribution is 9.10. The number of halogens is 1. The fraction of sp³-hybridized carbons (Fsp3) is 0.167. The van der Waals surface area contributed by atoms with Crippen LogP contribution in [0.4, 0.5) is 5.95 Å². The fourth-order valence-corrected chi connectivity index (χ4v) is 2.93. The quantitative estimate of drug-likeness (QED) is 0.496. The minimum atomic E-state index is -0.367. The number of aromatic nitrogens is 7. The highest BCUT2D eigenvalue weighted by Gasteiger charge is 2.13. The lowest BCUT2D eigenvalue weighted by atomic mass is 10.1. The zero-order valence-electron chi connectivity index (χ0n) is 15.0. The zero-order chi connectivity index (χ0) is 19.5. The Bertz CT molecular complexity index is 1090. The predicted octanol–water partition coefficient (Wildman–Crippen LogP) is 2.55. The van der Waals surface area contributed by atoms with Crippen LogP contribution in [0.3, 0.4) is 0 Å². The molecular formula is C18H17BrN8O. The molecule has 28 heavy (non-hydrogen) atoms. The van der Waals surface area contributed by atoms with Crippen LogP contribution in [0.25, 0.3) is 0 Å². The Morgan fingerprint density at radius 2 is 1.93 bits per heavy atom. The molecule has 0 radical (unpaired) electrons. The third-order valence-corrected chi connectivity index (χ3v) is 4.40. The molecule has 9 nitrogen and oxygen atoms in total. The number of carbonyl (C=O) groups excluding carboxylic acids is 1. The number of aryl methyl sites for hydroxylation is 1. The lowest BCUT2D eigenvalue weighted by molar-refractivity contribution is 0.102. The van der Waals surface area contributed by atoms with Crippen molar-refractivity contribution in [3.05, 3.63) is 76.5 Å². The Morgan fingerprint density at radius 1 is 1.11 bits per heavy atom.